The van der Waals surface area contributed by atoms with E-state index in [4.69, 9.17) is 0 Å². The first-order valence-corrected chi connectivity index (χ1v) is 11.5. The van der Waals surface area contributed by atoms with Crippen LogP contribution in [0.4, 0.5) is 4.79 Å². The first kappa shape index (κ1) is 18.9. The predicted molar refractivity (Wildman–Crippen MR) is 120 cm³/mol. The molecule has 2 heterocycles. The second-order valence-electron chi connectivity index (χ2n) is 10.4. The Labute approximate surface area is 182 Å². The maximum atomic E-state index is 11.9. The molecule has 31 heavy (non-hydrogen) atoms. The summed E-state index contributed by atoms with van der Waals surface area (Å²) in [6.45, 7) is 4.14. The third-order valence-electron chi connectivity index (χ3n) is 8.27. The number of hydrogen-bond acceptors (Lipinski definition) is 2. The van der Waals surface area contributed by atoms with Crippen LogP contribution in [-0.4, -0.2) is 16.5 Å². The van der Waals surface area contributed by atoms with Crippen molar-refractivity contribution in [3.05, 3.63) is 58.5 Å². The molecular weight excluding hydrogens is 386 g/mol. The topological polar surface area (TPSA) is 63.1 Å². The molecule has 2 aromatic rings. The molecule has 4 bridgehead atoms. The van der Waals surface area contributed by atoms with Crippen molar-refractivity contribution in [1.82, 2.24) is 15.2 Å². The molecule has 1 aromatic carbocycles. The number of amides is 3. The molecule has 1 aliphatic heterocycles. The SMILES string of the molecule is Cc1cc(C=C2NC(=O)NC2=O)c(C)n1-c1ccc(C23CC4CC(CC(C4)C2)C3)cc1. The molecule has 4 aliphatic carbocycles. The van der Waals surface area contributed by atoms with E-state index in [1.54, 1.807) is 6.08 Å². The molecule has 160 valence electrons. The maximum absolute atomic E-state index is 11.9. The van der Waals surface area contributed by atoms with Crippen LogP contribution in [0.3, 0.4) is 0 Å². The third kappa shape index (κ3) is 2.97. The van der Waals surface area contributed by atoms with Gasteiger partial charge in [-0.05, 0) is 111 Å². The Hall–Kier alpha value is -2.82. The van der Waals surface area contributed by atoms with Gasteiger partial charge < -0.3 is 9.88 Å². The van der Waals surface area contributed by atoms with E-state index in [9.17, 15) is 9.59 Å². The minimum absolute atomic E-state index is 0.294. The quantitative estimate of drug-likeness (QED) is 0.562. The van der Waals surface area contributed by atoms with Crippen LogP contribution in [0.1, 0.15) is 61.0 Å². The van der Waals surface area contributed by atoms with Crippen molar-refractivity contribution in [2.75, 3.05) is 0 Å². The predicted octanol–water partition coefficient (Wildman–Crippen LogP) is 4.74. The highest BCUT2D eigenvalue weighted by atomic mass is 16.2. The number of hydrogen-bond donors (Lipinski definition) is 2. The molecule has 5 aliphatic rings. The van der Waals surface area contributed by atoms with Crippen molar-refractivity contribution in [1.29, 1.82) is 0 Å². The van der Waals surface area contributed by atoms with Crippen LogP contribution in [0, 0.1) is 31.6 Å². The van der Waals surface area contributed by atoms with E-state index in [1.807, 2.05) is 0 Å². The van der Waals surface area contributed by atoms with Gasteiger partial charge in [0.05, 0.1) is 0 Å². The van der Waals surface area contributed by atoms with E-state index in [0.29, 0.717) is 11.1 Å². The monoisotopic (exact) mass is 415 g/mol. The Kier molecular flexibility index (Phi) is 4.02. The fourth-order valence-electron chi connectivity index (χ4n) is 7.40. The zero-order valence-corrected chi connectivity index (χ0v) is 18.2. The summed E-state index contributed by atoms with van der Waals surface area (Å²) in [7, 11) is 0. The molecule has 4 saturated carbocycles. The number of carbonyl (C=O) groups excluding carboxylic acids is 2. The van der Waals surface area contributed by atoms with E-state index >= 15 is 0 Å². The summed E-state index contributed by atoms with van der Waals surface area (Å²) in [5.74, 6) is 2.46. The van der Waals surface area contributed by atoms with Gasteiger partial charge in [0.15, 0.2) is 0 Å². The number of urea groups is 1. The molecule has 5 nitrogen and oxygen atoms in total. The number of nitrogens with zero attached hydrogens (tertiary/aromatic N) is 1. The number of aromatic nitrogens is 1. The molecule has 0 atom stereocenters. The first-order chi connectivity index (χ1) is 14.9. The van der Waals surface area contributed by atoms with Gasteiger partial charge in [-0.2, -0.15) is 0 Å². The van der Waals surface area contributed by atoms with Gasteiger partial charge in [0.1, 0.15) is 5.70 Å². The normalized spacial score (nSPS) is 32.6. The summed E-state index contributed by atoms with van der Waals surface area (Å²) in [5.41, 5.74) is 6.49. The molecule has 0 unspecified atom stereocenters. The summed E-state index contributed by atoms with van der Waals surface area (Å²) in [4.78, 5) is 23.3. The van der Waals surface area contributed by atoms with Crippen molar-refractivity contribution in [2.24, 2.45) is 17.8 Å². The van der Waals surface area contributed by atoms with Crippen LogP contribution in [0.2, 0.25) is 0 Å². The highest BCUT2D eigenvalue weighted by Crippen LogP contribution is 2.60. The number of aryl methyl sites for hydroxylation is 1. The Morgan fingerprint density at radius 3 is 2.10 bits per heavy atom. The fraction of sp³-hybridized carbons (Fsp3) is 0.462. The molecule has 2 N–H and O–H groups in total. The molecule has 5 heteroatoms. The molecular formula is C26H29N3O2. The number of nitrogens with one attached hydrogen (secondary N) is 2. The average Bonchev–Trinajstić information content (AvgIpc) is 3.18. The lowest BCUT2D eigenvalue weighted by molar-refractivity contribution is -0.115. The number of rotatable bonds is 3. The molecule has 0 spiro atoms. The maximum Gasteiger partial charge on any atom is 0.326 e. The number of carbonyl (C=O) groups is 2. The standard InChI is InChI=1S/C26H29N3O2/c1-15-7-20(11-23-24(30)28-25(31)27-23)16(2)29(15)22-5-3-21(4-6-22)26-12-17-8-18(13-26)10-19(9-17)14-26/h3-7,11,17-19H,8-10,12-14H2,1-2H3,(H2,27,28,30,31). The Balaban J connectivity index is 1.31. The zero-order chi connectivity index (χ0) is 21.3. The smallest absolute Gasteiger partial charge is 0.318 e. The molecule has 3 amide bonds. The van der Waals surface area contributed by atoms with Crippen LogP contribution < -0.4 is 10.6 Å². The van der Waals surface area contributed by atoms with Gasteiger partial charge in [-0.1, -0.05) is 12.1 Å². The van der Waals surface area contributed by atoms with E-state index in [0.717, 1.165) is 40.4 Å². The summed E-state index contributed by atoms with van der Waals surface area (Å²) in [6.07, 6.45) is 10.3. The minimum atomic E-state index is -0.467. The van der Waals surface area contributed by atoms with Crippen molar-refractivity contribution in [2.45, 2.75) is 57.8 Å². The molecule has 1 aromatic heterocycles. The van der Waals surface area contributed by atoms with Crippen LogP contribution in [0.5, 0.6) is 0 Å². The van der Waals surface area contributed by atoms with Crippen LogP contribution in [0.25, 0.3) is 11.8 Å². The Morgan fingerprint density at radius 1 is 0.935 bits per heavy atom. The van der Waals surface area contributed by atoms with Crippen LogP contribution >= 0.6 is 0 Å². The van der Waals surface area contributed by atoms with E-state index in [-0.39, 0.29) is 5.91 Å². The van der Waals surface area contributed by atoms with E-state index < -0.39 is 6.03 Å². The number of benzene rings is 1. The second-order valence-corrected chi connectivity index (χ2v) is 10.4. The Bertz CT molecular complexity index is 1090. The van der Waals surface area contributed by atoms with Crippen molar-refractivity contribution >= 4 is 18.0 Å². The Morgan fingerprint density at radius 2 is 1.55 bits per heavy atom. The van der Waals surface area contributed by atoms with E-state index in [1.165, 1.54) is 44.1 Å². The number of imide groups is 1. The average molecular weight is 416 g/mol. The largest absolute Gasteiger partial charge is 0.326 e. The summed E-state index contributed by atoms with van der Waals surface area (Å²) < 4.78 is 2.23. The van der Waals surface area contributed by atoms with E-state index in [2.05, 4.69) is 59.4 Å². The lowest BCUT2D eigenvalue weighted by Crippen LogP contribution is -2.48. The molecule has 0 radical (unpaired) electrons. The van der Waals surface area contributed by atoms with Crippen LogP contribution in [0.15, 0.2) is 36.0 Å². The van der Waals surface area contributed by atoms with Gasteiger partial charge in [0.25, 0.3) is 5.91 Å². The van der Waals surface area contributed by atoms with Crippen molar-refractivity contribution in [3.63, 3.8) is 0 Å². The van der Waals surface area contributed by atoms with Crippen LogP contribution in [-0.2, 0) is 10.2 Å². The van der Waals surface area contributed by atoms with Gasteiger partial charge in [0.2, 0.25) is 0 Å². The fourth-order valence-corrected chi connectivity index (χ4v) is 7.40. The molecule has 1 saturated heterocycles. The van der Waals surface area contributed by atoms with Gasteiger partial charge >= 0.3 is 6.03 Å². The van der Waals surface area contributed by atoms with Gasteiger partial charge in [-0.25, -0.2) is 4.79 Å². The minimum Gasteiger partial charge on any atom is -0.318 e. The summed E-state index contributed by atoms with van der Waals surface area (Å²) >= 11 is 0. The summed E-state index contributed by atoms with van der Waals surface area (Å²) in [6, 6.07) is 10.8. The van der Waals surface area contributed by atoms with Crippen molar-refractivity contribution in [3.8, 4) is 5.69 Å². The first-order valence-electron chi connectivity index (χ1n) is 11.5. The highest BCUT2D eigenvalue weighted by Gasteiger charge is 2.51. The molecule has 7 rings (SSSR count). The molecule has 5 fully saturated rings. The van der Waals surface area contributed by atoms with Gasteiger partial charge in [-0.3, -0.25) is 10.1 Å². The van der Waals surface area contributed by atoms with Gasteiger partial charge in [0, 0.05) is 17.1 Å². The summed E-state index contributed by atoms with van der Waals surface area (Å²) in [5, 5.41) is 4.83. The van der Waals surface area contributed by atoms with Crippen molar-refractivity contribution < 1.29 is 9.59 Å². The third-order valence-corrected chi connectivity index (χ3v) is 8.27. The second kappa shape index (κ2) is 6.59. The van der Waals surface area contributed by atoms with Gasteiger partial charge in [-0.15, -0.1) is 0 Å². The zero-order valence-electron chi connectivity index (χ0n) is 18.2. The lowest BCUT2D eigenvalue weighted by atomic mass is 9.48. The lowest BCUT2D eigenvalue weighted by Gasteiger charge is -2.57. The highest BCUT2D eigenvalue weighted by molar-refractivity contribution is 6.14.